The summed E-state index contributed by atoms with van der Waals surface area (Å²) in [6.07, 6.45) is 3.71. The third-order valence-electron chi connectivity index (χ3n) is 0.566. The van der Waals surface area contributed by atoms with E-state index in [1.54, 1.807) is 0 Å². The minimum absolute atomic E-state index is 0.160. The average molecular weight is 100 g/mol. The van der Waals surface area contributed by atoms with Crippen molar-refractivity contribution < 1.29 is 0 Å². The lowest BCUT2D eigenvalue weighted by Gasteiger charge is -1.91. The minimum Gasteiger partial charge on any atom is -0.394 e. The van der Waals surface area contributed by atoms with Crippen LogP contribution in [-0.4, -0.2) is 13.1 Å². The number of nitrogens with two attached hydrogens (primary N) is 1. The molecule has 0 amide bonds. The highest BCUT2D eigenvalue weighted by atomic mass is 14.8. The van der Waals surface area contributed by atoms with Crippen LogP contribution in [0.2, 0.25) is 0 Å². The van der Waals surface area contributed by atoms with E-state index in [4.69, 9.17) is 5.73 Å². The van der Waals surface area contributed by atoms with Gasteiger partial charge in [-0.3, -0.25) is 0 Å². The van der Waals surface area contributed by atoms with Crippen LogP contribution in [0.5, 0.6) is 0 Å². The molecule has 0 aliphatic carbocycles. The molecule has 2 heteroatoms. The fourth-order valence-electron chi connectivity index (χ4n) is 0.248. The minimum atomic E-state index is 0.160. The van der Waals surface area contributed by atoms with Crippen LogP contribution in [-0.2, 0) is 0 Å². The molecule has 0 rings (SSSR count). The summed E-state index contributed by atoms with van der Waals surface area (Å²) in [5.41, 5.74) is 5.35. The van der Waals surface area contributed by atoms with Crippen molar-refractivity contribution in [2.75, 3.05) is 7.05 Å². The first-order valence-corrected chi connectivity index (χ1v) is 2.37. The van der Waals surface area contributed by atoms with E-state index in [1.807, 2.05) is 26.2 Å². The summed E-state index contributed by atoms with van der Waals surface area (Å²) >= 11 is 0. The monoisotopic (exact) mass is 100 g/mol. The molecule has 42 valence electrons. The predicted octanol–water partition coefficient (Wildman–Crippen LogP) is 0.0667. The van der Waals surface area contributed by atoms with Gasteiger partial charge in [-0.05, 0) is 13.1 Å². The Hall–Kier alpha value is -0.500. The summed E-state index contributed by atoms with van der Waals surface area (Å²) in [5, 5.41) is 2.84. The van der Waals surface area contributed by atoms with Crippen LogP contribution in [0.25, 0.3) is 0 Å². The van der Waals surface area contributed by atoms with Crippen LogP contribution in [0.4, 0.5) is 0 Å². The zero-order chi connectivity index (χ0) is 5.70. The molecule has 0 spiro atoms. The Balaban J connectivity index is 3.08. The Kier molecular flexibility index (Phi) is 3.42. The first kappa shape index (κ1) is 6.50. The van der Waals surface area contributed by atoms with Gasteiger partial charge in [0.1, 0.15) is 0 Å². The van der Waals surface area contributed by atoms with E-state index in [1.165, 1.54) is 0 Å². The predicted molar refractivity (Wildman–Crippen MR) is 31.8 cm³/mol. The second-order valence-electron chi connectivity index (χ2n) is 1.51. The van der Waals surface area contributed by atoms with Crippen molar-refractivity contribution in [2.24, 2.45) is 5.73 Å². The highest BCUT2D eigenvalue weighted by Gasteiger charge is 1.77. The van der Waals surface area contributed by atoms with Crippen molar-refractivity contribution >= 4 is 0 Å². The van der Waals surface area contributed by atoms with Crippen LogP contribution in [0.15, 0.2) is 12.3 Å². The molecule has 3 N–H and O–H groups in total. The van der Waals surface area contributed by atoms with E-state index in [0.29, 0.717) is 0 Å². The van der Waals surface area contributed by atoms with Crippen molar-refractivity contribution in [3.8, 4) is 0 Å². The Morgan fingerprint density at radius 1 is 1.71 bits per heavy atom. The molecule has 0 saturated heterocycles. The lowest BCUT2D eigenvalue weighted by atomic mass is 10.4. The van der Waals surface area contributed by atoms with E-state index < -0.39 is 0 Å². The Labute approximate surface area is 44.4 Å². The molecule has 0 aliphatic heterocycles. The summed E-state index contributed by atoms with van der Waals surface area (Å²) in [4.78, 5) is 0. The largest absolute Gasteiger partial charge is 0.394 e. The molecule has 1 unspecified atom stereocenters. The molecular weight excluding hydrogens is 88.1 g/mol. The molecule has 0 fully saturated rings. The Bertz CT molecular complexity index is 57.1. The van der Waals surface area contributed by atoms with Gasteiger partial charge in [-0.15, -0.1) is 0 Å². The zero-order valence-corrected chi connectivity index (χ0v) is 4.81. The highest BCUT2D eigenvalue weighted by molar-refractivity contribution is 4.85. The topological polar surface area (TPSA) is 38.0 Å². The standard InChI is InChI=1S/C5H12N2/c1-5(6)3-4-7-2/h3-5,7H,6H2,1-2H3/b4-3-. The van der Waals surface area contributed by atoms with E-state index >= 15 is 0 Å². The summed E-state index contributed by atoms with van der Waals surface area (Å²) in [6.45, 7) is 1.92. The molecule has 1 atom stereocenters. The van der Waals surface area contributed by atoms with Crippen molar-refractivity contribution in [1.82, 2.24) is 5.32 Å². The van der Waals surface area contributed by atoms with Gasteiger partial charge in [0.25, 0.3) is 0 Å². The fraction of sp³-hybridized carbons (Fsp3) is 0.600. The molecule has 0 aromatic rings. The van der Waals surface area contributed by atoms with Gasteiger partial charge in [0.2, 0.25) is 0 Å². The number of hydrogen-bond acceptors (Lipinski definition) is 2. The van der Waals surface area contributed by atoms with Crippen molar-refractivity contribution in [3.05, 3.63) is 12.3 Å². The number of rotatable bonds is 2. The summed E-state index contributed by atoms with van der Waals surface area (Å²) in [7, 11) is 1.85. The highest BCUT2D eigenvalue weighted by Crippen LogP contribution is 1.72. The Morgan fingerprint density at radius 3 is 2.43 bits per heavy atom. The van der Waals surface area contributed by atoms with Crippen LogP contribution in [0, 0.1) is 0 Å². The normalized spacial score (nSPS) is 14.7. The Morgan fingerprint density at radius 2 is 2.29 bits per heavy atom. The van der Waals surface area contributed by atoms with Crippen LogP contribution >= 0.6 is 0 Å². The van der Waals surface area contributed by atoms with Gasteiger partial charge in [0, 0.05) is 13.1 Å². The van der Waals surface area contributed by atoms with Crippen molar-refractivity contribution in [1.29, 1.82) is 0 Å². The average Bonchev–Trinajstić information content (AvgIpc) is 1.61. The molecule has 2 nitrogen and oxygen atoms in total. The summed E-state index contributed by atoms with van der Waals surface area (Å²) in [6, 6.07) is 0.160. The molecule has 0 saturated carbocycles. The van der Waals surface area contributed by atoms with Crippen LogP contribution in [0.1, 0.15) is 6.92 Å². The first-order chi connectivity index (χ1) is 3.27. The van der Waals surface area contributed by atoms with E-state index in [9.17, 15) is 0 Å². The van der Waals surface area contributed by atoms with E-state index in [2.05, 4.69) is 5.32 Å². The van der Waals surface area contributed by atoms with Gasteiger partial charge in [-0.2, -0.15) is 0 Å². The smallest absolute Gasteiger partial charge is 0.0211 e. The molecule has 0 bridgehead atoms. The second kappa shape index (κ2) is 3.68. The third kappa shape index (κ3) is 5.50. The summed E-state index contributed by atoms with van der Waals surface area (Å²) in [5.74, 6) is 0. The lowest BCUT2D eigenvalue weighted by Crippen LogP contribution is -2.11. The fourth-order valence-corrected chi connectivity index (χ4v) is 0.248. The summed E-state index contributed by atoms with van der Waals surface area (Å²) < 4.78 is 0. The number of nitrogens with one attached hydrogen (secondary N) is 1. The van der Waals surface area contributed by atoms with Gasteiger partial charge in [0.15, 0.2) is 0 Å². The molecular formula is C5H12N2. The second-order valence-corrected chi connectivity index (χ2v) is 1.51. The molecule has 0 radical (unpaired) electrons. The van der Waals surface area contributed by atoms with Gasteiger partial charge in [-0.1, -0.05) is 6.08 Å². The third-order valence-corrected chi connectivity index (χ3v) is 0.566. The van der Waals surface area contributed by atoms with Crippen molar-refractivity contribution in [3.63, 3.8) is 0 Å². The van der Waals surface area contributed by atoms with E-state index in [-0.39, 0.29) is 6.04 Å². The van der Waals surface area contributed by atoms with Crippen LogP contribution < -0.4 is 11.1 Å². The maximum atomic E-state index is 5.35. The quantitative estimate of drug-likeness (QED) is 0.515. The zero-order valence-electron chi connectivity index (χ0n) is 4.81. The van der Waals surface area contributed by atoms with Gasteiger partial charge in [-0.25, -0.2) is 0 Å². The van der Waals surface area contributed by atoms with E-state index in [0.717, 1.165) is 0 Å². The first-order valence-electron chi connectivity index (χ1n) is 2.37. The molecule has 0 aliphatic rings. The van der Waals surface area contributed by atoms with Crippen LogP contribution in [0.3, 0.4) is 0 Å². The molecule has 0 heterocycles. The molecule has 0 aromatic carbocycles. The lowest BCUT2D eigenvalue weighted by molar-refractivity contribution is 0.910. The van der Waals surface area contributed by atoms with Crippen molar-refractivity contribution in [2.45, 2.75) is 13.0 Å². The van der Waals surface area contributed by atoms with Gasteiger partial charge in [0.05, 0.1) is 0 Å². The number of hydrogen-bond donors (Lipinski definition) is 2. The molecule has 7 heavy (non-hydrogen) atoms. The van der Waals surface area contributed by atoms with Gasteiger partial charge >= 0.3 is 0 Å². The maximum absolute atomic E-state index is 5.35. The maximum Gasteiger partial charge on any atom is 0.0211 e. The SMILES string of the molecule is CN/C=C\C(C)N. The van der Waals surface area contributed by atoms with Gasteiger partial charge < -0.3 is 11.1 Å². The molecule has 0 aromatic heterocycles.